The Morgan fingerprint density at radius 1 is 1.36 bits per heavy atom. The third-order valence-electron chi connectivity index (χ3n) is 3.97. The molecule has 1 aliphatic heterocycles. The maximum atomic E-state index is 11.4. The second kappa shape index (κ2) is 6.90. The third-order valence-corrected chi connectivity index (χ3v) is 4.96. The van der Waals surface area contributed by atoms with Gasteiger partial charge in [-0.3, -0.25) is 9.36 Å². The number of hydrogen-bond donors (Lipinski definition) is 2. The van der Waals surface area contributed by atoms with E-state index in [1.54, 1.807) is 12.1 Å². The lowest BCUT2D eigenvalue weighted by atomic mass is 10.1. The quantitative estimate of drug-likeness (QED) is 0.757. The maximum absolute atomic E-state index is 11.4. The van der Waals surface area contributed by atoms with E-state index in [1.807, 2.05) is 0 Å². The van der Waals surface area contributed by atoms with Gasteiger partial charge in [-0.05, 0) is 30.7 Å². The highest BCUT2D eigenvalue weighted by Gasteiger charge is 2.49. The molecule has 1 aromatic heterocycles. The zero-order valence-corrected chi connectivity index (χ0v) is 15.5. The molecule has 2 aromatic rings. The number of ether oxygens (including phenoxy) is 2. The summed E-state index contributed by atoms with van der Waals surface area (Å²) in [5.41, 5.74) is 0.944. The average Bonchev–Trinajstić information content (AvgIpc) is 2.97. The van der Waals surface area contributed by atoms with Crippen LogP contribution in [0.3, 0.4) is 0 Å². The number of benzene rings is 1. The molecule has 25 heavy (non-hydrogen) atoms. The van der Waals surface area contributed by atoms with E-state index in [2.05, 4.69) is 4.98 Å². The fourth-order valence-electron chi connectivity index (χ4n) is 2.90. The van der Waals surface area contributed by atoms with Crippen molar-refractivity contribution in [3.63, 3.8) is 0 Å². The van der Waals surface area contributed by atoms with E-state index in [9.17, 15) is 15.0 Å². The predicted molar refractivity (Wildman–Crippen MR) is 91.9 cm³/mol. The van der Waals surface area contributed by atoms with Crippen LogP contribution >= 0.6 is 34.8 Å². The van der Waals surface area contributed by atoms with Gasteiger partial charge >= 0.3 is 5.97 Å². The van der Waals surface area contributed by atoms with E-state index < -0.39 is 36.6 Å². The minimum absolute atomic E-state index is 0.0360. The highest BCUT2D eigenvalue weighted by Crippen LogP contribution is 2.39. The zero-order chi connectivity index (χ0) is 18.5. The second-order valence-corrected chi connectivity index (χ2v) is 6.95. The van der Waals surface area contributed by atoms with E-state index >= 15 is 0 Å². The molecule has 0 saturated carbocycles. The Morgan fingerprint density at radius 3 is 2.60 bits per heavy atom. The van der Waals surface area contributed by atoms with E-state index in [4.69, 9.17) is 44.3 Å². The number of imidazole rings is 1. The van der Waals surface area contributed by atoms with Gasteiger partial charge in [0.25, 0.3) is 0 Å². The van der Waals surface area contributed by atoms with Crippen molar-refractivity contribution < 1.29 is 24.5 Å². The van der Waals surface area contributed by atoms with Gasteiger partial charge in [-0.1, -0.05) is 23.2 Å². The third kappa shape index (κ3) is 3.32. The van der Waals surface area contributed by atoms with E-state index in [1.165, 1.54) is 18.4 Å². The zero-order valence-electron chi connectivity index (χ0n) is 13.2. The van der Waals surface area contributed by atoms with Crippen molar-refractivity contribution in [3.8, 4) is 0 Å². The number of aliphatic hydroxyl groups is 2. The largest absolute Gasteiger partial charge is 0.455 e. The number of fused-ring (bicyclic) bond motifs is 1. The molecule has 2 heterocycles. The number of halogens is 3. The normalized spacial score (nSPS) is 27.6. The van der Waals surface area contributed by atoms with Crippen LogP contribution in [0.1, 0.15) is 20.1 Å². The van der Waals surface area contributed by atoms with Crippen LogP contribution in [0.25, 0.3) is 11.0 Å². The van der Waals surface area contributed by atoms with Crippen molar-refractivity contribution in [2.24, 2.45) is 0 Å². The molecule has 1 saturated heterocycles. The summed E-state index contributed by atoms with van der Waals surface area (Å²) in [4.78, 5) is 15.6. The van der Waals surface area contributed by atoms with Crippen molar-refractivity contribution >= 4 is 51.8 Å². The van der Waals surface area contributed by atoms with Crippen LogP contribution in [0.5, 0.6) is 0 Å². The van der Waals surface area contributed by atoms with E-state index in [0.29, 0.717) is 16.1 Å². The molecule has 136 valence electrons. The number of nitrogens with zero attached hydrogens (tertiary/aromatic N) is 2. The van der Waals surface area contributed by atoms with Crippen LogP contribution in [0.4, 0.5) is 0 Å². The maximum Gasteiger partial charge on any atom is 0.303 e. The van der Waals surface area contributed by atoms with Crippen LogP contribution in [-0.2, 0) is 14.3 Å². The molecule has 4 unspecified atom stereocenters. The Labute approximate surface area is 158 Å². The van der Waals surface area contributed by atoms with Gasteiger partial charge in [-0.15, -0.1) is 0 Å². The Bertz CT molecular complexity index is 825. The average molecular weight is 410 g/mol. The molecule has 3 rings (SSSR count). The van der Waals surface area contributed by atoms with E-state index in [0.717, 1.165) is 0 Å². The first-order valence-corrected chi connectivity index (χ1v) is 8.55. The lowest BCUT2D eigenvalue weighted by Gasteiger charge is -2.22. The summed E-state index contributed by atoms with van der Waals surface area (Å²) in [6.07, 6.45) is -5.28. The minimum atomic E-state index is -1.25. The predicted octanol–water partition coefficient (Wildman–Crippen LogP) is 2.57. The summed E-state index contributed by atoms with van der Waals surface area (Å²) in [6.45, 7) is 2.68. The Balaban J connectivity index is 2.12. The van der Waals surface area contributed by atoms with Crippen molar-refractivity contribution in [3.05, 3.63) is 27.5 Å². The van der Waals surface area contributed by atoms with Crippen LogP contribution in [0.2, 0.25) is 15.3 Å². The summed E-state index contributed by atoms with van der Waals surface area (Å²) < 4.78 is 12.4. The van der Waals surface area contributed by atoms with Gasteiger partial charge in [0, 0.05) is 6.92 Å². The van der Waals surface area contributed by atoms with E-state index in [-0.39, 0.29) is 10.3 Å². The molecule has 0 radical (unpaired) electrons. The topological polar surface area (TPSA) is 93.8 Å². The number of carbonyl (C=O) groups is 1. The number of hydrogen-bond acceptors (Lipinski definition) is 6. The Morgan fingerprint density at radius 2 is 2.00 bits per heavy atom. The fraction of sp³-hybridized carbons (Fsp3) is 0.467. The monoisotopic (exact) mass is 408 g/mol. The number of carbonyl (C=O) groups excluding carboxylic acids is 1. The van der Waals surface area contributed by atoms with Gasteiger partial charge in [0.15, 0.2) is 12.3 Å². The molecule has 2 N–H and O–H groups in total. The summed E-state index contributed by atoms with van der Waals surface area (Å²) in [6, 6.07) is 3.09. The molecular weight excluding hydrogens is 395 g/mol. The van der Waals surface area contributed by atoms with Gasteiger partial charge in [-0.2, -0.15) is 0 Å². The first-order valence-electron chi connectivity index (χ1n) is 7.42. The van der Waals surface area contributed by atoms with Crippen molar-refractivity contribution in [2.75, 3.05) is 0 Å². The summed E-state index contributed by atoms with van der Waals surface area (Å²) >= 11 is 18.3. The van der Waals surface area contributed by atoms with Crippen LogP contribution in [0, 0.1) is 0 Å². The Hall–Kier alpha value is -1.09. The number of aromatic nitrogens is 2. The molecule has 0 bridgehead atoms. The Kier molecular flexibility index (Phi) is 5.16. The molecular formula is C15H15Cl3N2O5. The minimum Gasteiger partial charge on any atom is -0.455 e. The molecule has 10 heteroatoms. The molecule has 0 amide bonds. The first kappa shape index (κ1) is 18.7. The van der Waals surface area contributed by atoms with Crippen LogP contribution in [-0.4, -0.2) is 50.1 Å². The van der Waals surface area contributed by atoms with Gasteiger partial charge in [0.05, 0.1) is 27.2 Å². The first-order chi connectivity index (χ1) is 11.7. The molecule has 7 nitrogen and oxygen atoms in total. The van der Waals surface area contributed by atoms with Crippen molar-refractivity contribution in [2.45, 2.75) is 44.5 Å². The molecule has 5 atom stereocenters. The van der Waals surface area contributed by atoms with Gasteiger partial charge < -0.3 is 19.7 Å². The highest BCUT2D eigenvalue weighted by atomic mass is 35.5. The summed E-state index contributed by atoms with van der Waals surface area (Å²) in [5.74, 6) is -0.606. The highest BCUT2D eigenvalue weighted by molar-refractivity contribution is 6.42. The molecule has 1 fully saturated rings. The molecule has 0 aliphatic carbocycles. The summed E-state index contributed by atoms with van der Waals surface area (Å²) in [7, 11) is 0. The molecule has 1 aromatic carbocycles. The van der Waals surface area contributed by atoms with Gasteiger partial charge in [0.1, 0.15) is 12.2 Å². The lowest BCUT2D eigenvalue weighted by Crippen LogP contribution is -2.39. The van der Waals surface area contributed by atoms with Gasteiger partial charge in [-0.25, -0.2) is 4.98 Å². The number of esters is 1. The summed E-state index contributed by atoms with van der Waals surface area (Å²) in [5, 5.41) is 20.9. The van der Waals surface area contributed by atoms with Gasteiger partial charge in [0.2, 0.25) is 5.28 Å². The number of aliphatic hydroxyl groups excluding tert-OH is 2. The van der Waals surface area contributed by atoms with Crippen LogP contribution < -0.4 is 0 Å². The SMILES string of the molecule is CC(=O)OC1C(O)[C@@H](C(C)O)OC1n1c(Cl)nc2cc(Cl)c(Cl)cc21. The molecule has 0 spiro atoms. The smallest absolute Gasteiger partial charge is 0.303 e. The second-order valence-electron chi connectivity index (χ2n) is 5.80. The molecule has 1 aliphatic rings. The fourth-order valence-corrected chi connectivity index (χ4v) is 3.50. The van der Waals surface area contributed by atoms with Crippen LogP contribution in [0.15, 0.2) is 12.1 Å². The van der Waals surface area contributed by atoms with Crippen molar-refractivity contribution in [1.29, 1.82) is 0 Å². The standard InChI is InChI=1S/C15H15Cl3N2O5/c1-5(21)12-11(23)13(24-6(2)22)14(25-12)20-10-4-8(17)7(16)3-9(10)19-15(20)18/h3-5,11-14,21,23H,1-2H3/t5?,11?,12-,13?,14?/m1/s1. The van der Waals surface area contributed by atoms with Crippen molar-refractivity contribution in [1.82, 2.24) is 9.55 Å². The lowest BCUT2D eigenvalue weighted by molar-refractivity contribution is -0.155. The number of rotatable bonds is 3.